The van der Waals surface area contributed by atoms with Crippen LogP contribution in [0.2, 0.25) is 0 Å². The number of benzene rings is 3. The number of nitrogens with zero attached hydrogens (tertiary/aromatic N) is 2. The normalized spacial score (nSPS) is 11.1. The Bertz CT molecular complexity index is 1170. The molecule has 0 spiro atoms. The molecule has 0 unspecified atom stereocenters. The summed E-state index contributed by atoms with van der Waals surface area (Å²) in [5.41, 5.74) is 5.81. The molecule has 3 nitrogen and oxygen atoms in total. The van der Waals surface area contributed by atoms with Gasteiger partial charge >= 0.3 is 0 Å². The molecule has 5 rings (SSSR count). The van der Waals surface area contributed by atoms with E-state index in [1.54, 1.807) is 0 Å². The van der Waals surface area contributed by atoms with E-state index >= 15 is 0 Å². The lowest BCUT2D eigenvalue weighted by molar-refractivity contribution is 0.918. The van der Waals surface area contributed by atoms with Gasteiger partial charge in [-0.3, -0.25) is 4.40 Å². The van der Waals surface area contributed by atoms with Crippen LogP contribution in [0.25, 0.3) is 16.6 Å². The number of nitrogens with one attached hydrogen (secondary N) is 1. The summed E-state index contributed by atoms with van der Waals surface area (Å²) in [4.78, 5) is 4.37. The predicted octanol–water partition coefficient (Wildman–Crippen LogP) is 6.20. The Morgan fingerprint density at radius 3 is 1.86 bits per heavy atom. The molecule has 0 aliphatic heterocycles. The van der Waals surface area contributed by atoms with E-state index in [2.05, 4.69) is 112 Å². The molecule has 5 aromatic rings. The smallest absolute Gasteiger partial charge is 0.120 e. The van der Waals surface area contributed by atoms with E-state index in [-0.39, 0.29) is 6.04 Å². The van der Waals surface area contributed by atoms with Crippen molar-refractivity contribution in [3.63, 3.8) is 0 Å². The van der Waals surface area contributed by atoms with Gasteiger partial charge in [0.1, 0.15) is 12.1 Å². The highest BCUT2D eigenvalue weighted by Gasteiger charge is 2.18. The van der Waals surface area contributed by atoms with Crippen LogP contribution < -0.4 is 5.32 Å². The van der Waals surface area contributed by atoms with Crippen LogP contribution in [0.5, 0.6) is 0 Å². The fraction of sp³-hybridized carbons (Fsp3) is 0.0385. The summed E-state index contributed by atoms with van der Waals surface area (Å²) >= 11 is 0. The molecule has 0 saturated carbocycles. The van der Waals surface area contributed by atoms with Gasteiger partial charge in [0.15, 0.2) is 0 Å². The van der Waals surface area contributed by atoms with Crippen LogP contribution in [-0.2, 0) is 0 Å². The fourth-order valence-corrected chi connectivity index (χ4v) is 3.78. The number of anilines is 1. The lowest BCUT2D eigenvalue weighted by atomic mass is 9.98. The highest BCUT2D eigenvalue weighted by molar-refractivity contribution is 5.79. The average molecular weight is 375 g/mol. The standard InChI is InChI=1S/C26H21N3/c1-4-10-20(11-5-1)24-17-16-23-18-27-19-29(23)26(24)28-25(21-12-6-2-7-13-21)22-14-8-3-9-15-22/h1-19,25,28H. The number of fused-ring (bicyclic) bond motifs is 1. The van der Waals surface area contributed by atoms with Crippen LogP contribution in [-0.4, -0.2) is 9.38 Å². The number of aromatic nitrogens is 2. The second-order valence-corrected chi connectivity index (χ2v) is 7.05. The van der Waals surface area contributed by atoms with E-state index in [0.717, 1.165) is 16.9 Å². The maximum absolute atomic E-state index is 4.37. The quantitative estimate of drug-likeness (QED) is 0.396. The molecular weight excluding hydrogens is 354 g/mol. The first-order valence-corrected chi connectivity index (χ1v) is 9.77. The van der Waals surface area contributed by atoms with Gasteiger partial charge in [0.05, 0.1) is 17.8 Å². The highest BCUT2D eigenvalue weighted by Crippen LogP contribution is 2.34. The summed E-state index contributed by atoms with van der Waals surface area (Å²) in [5, 5.41) is 3.83. The van der Waals surface area contributed by atoms with Crippen molar-refractivity contribution in [2.45, 2.75) is 6.04 Å². The largest absolute Gasteiger partial charge is 0.360 e. The average Bonchev–Trinajstić information content (AvgIpc) is 3.28. The van der Waals surface area contributed by atoms with Gasteiger partial charge in [0.2, 0.25) is 0 Å². The third-order valence-corrected chi connectivity index (χ3v) is 5.22. The Labute approximate surface area is 170 Å². The fourth-order valence-electron chi connectivity index (χ4n) is 3.78. The number of rotatable bonds is 5. The summed E-state index contributed by atoms with van der Waals surface area (Å²) in [6.07, 6.45) is 3.76. The molecule has 0 saturated heterocycles. The number of hydrogen-bond acceptors (Lipinski definition) is 2. The maximum atomic E-state index is 4.37. The van der Waals surface area contributed by atoms with Crippen LogP contribution in [0.1, 0.15) is 17.2 Å². The third kappa shape index (κ3) is 3.39. The molecular formula is C26H21N3. The van der Waals surface area contributed by atoms with E-state index in [1.165, 1.54) is 16.7 Å². The minimum absolute atomic E-state index is 0.0212. The molecule has 0 radical (unpaired) electrons. The zero-order chi connectivity index (χ0) is 19.5. The Hall–Kier alpha value is -3.85. The van der Waals surface area contributed by atoms with Crippen molar-refractivity contribution in [2.24, 2.45) is 0 Å². The van der Waals surface area contributed by atoms with E-state index < -0.39 is 0 Å². The molecule has 0 amide bonds. The molecule has 0 bridgehead atoms. The molecule has 1 N–H and O–H groups in total. The molecule has 140 valence electrons. The van der Waals surface area contributed by atoms with Gasteiger partial charge in [-0.1, -0.05) is 91.0 Å². The number of imidazole rings is 1. The maximum Gasteiger partial charge on any atom is 0.120 e. The molecule has 2 heterocycles. The molecule has 0 atom stereocenters. The monoisotopic (exact) mass is 375 g/mol. The first-order chi connectivity index (χ1) is 14.4. The summed E-state index contributed by atoms with van der Waals surface area (Å²) in [6.45, 7) is 0. The lowest BCUT2D eigenvalue weighted by Gasteiger charge is -2.24. The Morgan fingerprint density at radius 1 is 0.655 bits per heavy atom. The van der Waals surface area contributed by atoms with Crippen molar-refractivity contribution in [1.29, 1.82) is 0 Å². The Morgan fingerprint density at radius 2 is 1.24 bits per heavy atom. The van der Waals surface area contributed by atoms with Crippen molar-refractivity contribution in [2.75, 3.05) is 5.32 Å². The van der Waals surface area contributed by atoms with E-state index in [9.17, 15) is 0 Å². The molecule has 29 heavy (non-hydrogen) atoms. The van der Waals surface area contributed by atoms with Crippen LogP contribution >= 0.6 is 0 Å². The van der Waals surface area contributed by atoms with Crippen molar-refractivity contribution in [3.8, 4) is 11.1 Å². The van der Waals surface area contributed by atoms with Gasteiger partial charge < -0.3 is 5.32 Å². The van der Waals surface area contributed by atoms with Crippen molar-refractivity contribution < 1.29 is 0 Å². The van der Waals surface area contributed by atoms with E-state index in [4.69, 9.17) is 0 Å². The van der Waals surface area contributed by atoms with Gasteiger partial charge in [-0.25, -0.2) is 4.98 Å². The minimum Gasteiger partial charge on any atom is -0.360 e. The summed E-state index contributed by atoms with van der Waals surface area (Å²) in [5.74, 6) is 1.03. The summed E-state index contributed by atoms with van der Waals surface area (Å²) < 4.78 is 2.13. The number of hydrogen-bond donors (Lipinski definition) is 1. The van der Waals surface area contributed by atoms with Gasteiger partial charge in [-0.15, -0.1) is 0 Å². The molecule has 3 aromatic carbocycles. The van der Waals surface area contributed by atoms with Crippen LogP contribution in [0.15, 0.2) is 116 Å². The van der Waals surface area contributed by atoms with Crippen molar-refractivity contribution >= 4 is 11.3 Å². The second-order valence-electron chi connectivity index (χ2n) is 7.05. The van der Waals surface area contributed by atoms with Gasteiger partial charge in [0, 0.05) is 5.56 Å². The predicted molar refractivity (Wildman–Crippen MR) is 119 cm³/mol. The van der Waals surface area contributed by atoms with Crippen molar-refractivity contribution in [3.05, 3.63) is 127 Å². The van der Waals surface area contributed by atoms with Crippen LogP contribution in [0, 0.1) is 0 Å². The molecule has 0 aliphatic carbocycles. The lowest BCUT2D eigenvalue weighted by Crippen LogP contribution is -2.15. The van der Waals surface area contributed by atoms with E-state index in [0.29, 0.717) is 0 Å². The molecule has 0 fully saturated rings. The van der Waals surface area contributed by atoms with E-state index in [1.807, 2.05) is 18.6 Å². The van der Waals surface area contributed by atoms with Crippen molar-refractivity contribution in [1.82, 2.24) is 9.38 Å². The summed E-state index contributed by atoms with van der Waals surface area (Å²) in [7, 11) is 0. The Balaban J connectivity index is 1.69. The third-order valence-electron chi connectivity index (χ3n) is 5.22. The second kappa shape index (κ2) is 7.64. The number of pyridine rings is 1. The zero-order valence-corrected chi connectivity index (χ0v) is 15.9. The van der Waals surface area contributed by atoms with Crippen LogP contribution in [0.4, 0.5) is 5.82 Å². The highest BCUT2D eigenvalue weighted by atomic mass is 15.1. The zero-order valence-electron chi connectivity index (χ0n) is 15.9. The first-order valence-electron chi connectivity index (χ1n) is 9.77. The first kappa shape index (κ1) is 17.3. The molecule has 3 heteroatoms. The van der Waals surface area contributed by atoms with Gasteiger partial charge in [-0.2, -0.15) is 0 Å². The molecule has 0 aliphatic rings. The minimum atomic E-state index is 0.0212. The molecule has 2 aromatic heterocycles. The van der Waals surface area contributed by atoms with Crippen LogP contribution in [0.3, 0.4) is 0 Å². The SMILES string of the molecule is c1ccc(-c2ccc3cncn3c2NC(c2ccccc2)c2ccccc2)cc1. The Kier molecular flexibility index (Phi) is 4.55. The summed E-state index contributed by atoms with van der Waals surface area (Å²) in [6, 6.07) is 35.9. The van der Waals surface area contributed by atoms with Gasteiger partial charge in [-0.05, 0) is 28.8 Å². The van der Waals surface area contributed by atoms with Gasteiger partial charge in [0.25, 0.3) is 0 Å². The topological polar surface area (TPSA) is 29.3 Å².